The Morgan fingerprint density at radius 3 is 2.59 bits per heavy atom. The Labute approximate surface area is 214 Å². The number of nitrogens with zero attached hydrogens (tertiary/aromatic N) is 3. The van der Waals surface area contributed by atoms with Crippen LogP contribution in [0.2, 0.25) is 0 Å². The van der Waals surface area contributed by atoms with Crippen molar-refractivity contribution in [2.24, 2.45) is 0 Å². The van der Waals surface area contributed by atoms with E-state index in [2.05, 4.69) is 16.7 Å². The summed E-state index contributed by atoms with van der Waals surface area (Å²) in [6, 6.07) is 10.6. The fourth-order valence-electron chi connectivity index (χ4n) is 3.76. The maximum Gasteiger partial charge on any atom is 0.317 e. The fourth-order valence-corrected chi connectivity index (χ4v) is 3.76. The standard InChI is InChI=1S/C28H29F2N3O4/c1-17-8-6-7-9-21(17)22(19(3)16-36-5)12-10-18(2)28-31-27(32-37-28)23-13-11-20(25(29)26(23)30)14-33(4)15-24(34)35/h6-13H,3,14-16H2,1-2,4-5H3,(H,34,35)/b18-10+,22-12+. The Hall–Kier alpha value is -3.95. The van der Waals surface area contributed by atoms with Gasteiger partial charge in [-0.2, -0.15) is 4.98 Å². The molecule has 1 heterocycles. The molecule has 1 N–H and O–H groups in total. The van der Waals surface area contributed by atoms with Crippen LogP contribution in [0.3, 0.4) is 0 Å². The zero-order valence-corrected chi connectivity index (χ0v) is 21.2. The van der Waals surface area contributed by atoms with Gasteiger partial charge in [0.25, 0.3) is 5.89 Å². The molecule has 0 aliphatic heterocycles. The summed E-state index contributed by atoms with van der Waals surface area (Å²) in [5.74, 6) is -3.23. The molecule has 0 amide bonds. The second kappa shape index (κ2) is 12.3. The Kier molecular flexibility index (Phi) is 9.21. The number of ether oxygens (including phenoxy) is 1. The van der Waals surface area contributed by atoms with E-state index in [4.69, 9.17) is 14.4 Å². The summed E-state index contributed by atoms with van der Waals surface area (Å²) in [5.41, 5.74) is 4.24. The highest BCUT2D eigenvalue weighted by atomic mass is 19.2. The number of benzene rings is 2. The molecule has 0 aliphatic carbocycles. The Bertz CT molecular complexity index is 1360. The van der Waals surface area contributed by atoms with Crippen molar-refractivity contribution in [1.29, 1.82) is 0 Å². The molecule has 0 bridgehead atoms. The molecule has 9 heteroatoms. The molecule has 0 saturated heterocycles. The van der Waals surface area contributed by atoms with E-state index in [1.807, 2.05) is 37.3 Å². The number of aromatic nitrogens is 2. The Balaban J connectivity index is 1.89. The number of carboxylic acid groups (broad SMARTS) is 1. The molecule has 3 rings (SSSR count). The highest BCUT2D eigenvalue weighted by Gasteiger charge is 2.20. The minimum absolute atomic E-state index is 0.0231. The molecule has 0 saturated carbocycles. The van der Waals surface area contributed by atoms with Crippen LogP contribution >= 0.6 is 0 Å². The summed E-state index contributed by atoms with van der Waals surface area (Å²) in [6.07, 6.45) is 3.67. The average molecular weight is 510 g/mol. The lowest BCUT2D eigenvalue weighted by Gasteiger charge is -2.15. The molecule has 2 aromatic carbocycles. The van der Waals surface area contributed by atoms with Crippen molar-refractivity contribution in [2.75, 3.05) is 27.3 Å². The van der Waals surface area contributed by atoms with Crippen molar-refractivity contribution in [3.05, 3.63) is 94.9 Å². The maximum absolute atomic E-state index is 14.8. The minimum Gasteiger partial charge on any atom is -0.480 e. The lowest BCUT2D eigenvalue weighted by molar-refractivity contribution is -0.138. The van der Waals surface area contributed by atoms with Gasteiger partial charge in [0.05, 0.1) is 18.7 Å². The first-order chi connectivity index (χ1) is 17.6. The van der Waals surface area contributed by atoms with Gasteiger partial charge in [0.2, 0.25) is 5.82 Å². The van der Waals surface area contributed by atoms with Gasteiger partial charge in [0.1, 0.15) is 0 Å². The summed E-state index contributed by atoms with van der Waals surface area (Å²) < 4.78 is 40.1. The van der Waals surface area contributed by atoms with Crippen LogP contribution in [0.4, 0.5) is 8.78 Å². The zero-order valence-electron chi connectivity index (χ0n) is 21.2. The van der Waals surface area contributed by atoms with Crippen LogP contribution in [0.5, 0.6) is 0 Å². The summed E-state index contributed by atoms with van der Waals surface area (Å²) >= 11 is 0. The number of carbonyl (C=O) groups is 1. The normalized spacial score (nSPS) is 12.3. The van der Waals surface area contributed by atoms with Gasteiger partial charge in [-0.3, -0.25) is 9.69 Å². The smallest absolute Gasteiger partial charge is 0.317 e. The highest BCUT2D eigenvalue weighted by Crippen LogP contribution is 2.28. The van der Waals surface area contributed by atoms with Crippen LogP contribution in [0.1, 0.15) is 29.5 Å². The van der Waals surface area contributed by atoms with Gasteiger partial charge >= 0.3 is 5.97 Å². The molecule has 0 aliphatic rings. The lowest BCUT2D eigenvalue weighted by atomic mass is 9.94. The predicted molar refractivity (Wildman–Crippen MR) is 137 cm³/mol. The van der Waals surface area contributed by atoms with E-state index in [9.17, 15) is 13.6 Å². The van der Waals surface area contributed by atoms with E-state index in [1.54, 1.807) is 20.1 Å². The fraction of sp³-hybridized carbons (Fsp3) is 0.250. The number of hydrogen-bond donors (Lipinski definition) is 1. The zero-order chi connectivity index (χ0) is 27.1. The first-order valence-corrected chi connectivity index (χ1v) is 11.5. The molecule has 37 heavy (non-hydrogen) atoms. The molecule has 0 unspecified atom stereocenters. The number of methoxy groups -OCH3 is 1. The second-order valence-corrected chi connectivity index (χ2v) is 8.67. The molecule has 1 aromatic heterocycles. The number of allylic oxidation sites excluding steroid dienone is 3. The van der Waals surface area contributed by atoms with Crippen molar-refractivity contribution in [2.45, 2.75) is 20.4 Å². The topological polar surface area (TPSA) is 88.7 Å². The molecule has 3 aromatic rings. The second-order valence-electron chi connectivity index (χ2n) is 8.67. The molecule has 0 radical (unpaired) electrons. The summed E-state index contributed by atoms with van der Waals surface area (Å²) in [6.45, 7) is 7.88. The van der Waals surface area contributed by atoms with Crippen LogP contribution < -0.4 is 0 Å². The number of aliphatic carboxylic acids is 1. The van der Waals surface area contributed by atoms with Gasteiger partial charge in [-0.25, -0.2) is 8.78 Å². The largest absolute Gasteiger partial charge is 0.480 e. The third-order valence-corrected chi connectivity index (χ3v) is 5.65. The van der Waals surface area contributed by atoms with Crippen molar-refractivity contribution in [3.8, 4) is 11.4 Å². The van der Waals surface area contributed by atoms with Crippen molar-refractivity contribution >= 4 is 17.1 Å². The first kappa shape index (κ1) is 27.6. The Morgan fingerprint density at radius 1 is 1.19 bits per heavy atom. The third-order valence-electron chi connectivity index (χ3n) is 5.65. The van der Waals surface area contributed by atoms with Gasteiger partial charge in [0, 0.05) is 24.8 Å². The quantitative estimate of drug-likeness (QED) is 0.340. The van der Waals surface area contributed by atoms with Gasteiger partial charge in [-0.1, -0.05) is 54.2 Å². The number of halogens is 2. The molecule has 0 spiro atoms. The first-order valence-electron chi connectivity index (χ1n) is 11.5. The van der Waals surface area contributed by atoms with E-state index in [1.165, 1.54) is 24.1 Å². The van der Waals surface area contributed by atoms with Crippen LogP contribution in [-0.2, 0) is 16.1 Å². The summed E-state index contributed by atoms with van der Waals surface area (Å²) in [5, 5.41) is 12.7. The number of carboxylic acids is 1. The van der Waals surface area contributed by atoms with Gasteiger partial charge in [-0.05, 0) is 49.2 Å². The van der Waals surface area contributed by atoms with Crippen LogP contribution in [-0.4, -0.2) is 53.4 Å². The number of likely N-dealkylation sites (N-methyl/N-ethyl adjacent to an activating group) is 1. The molecule has 7 nitrogen and oxygen atoms in total. The van der Waals surface area contributed by atoms with E-state index < -0.39 is 17.6 Å². The van der Waals surface area contributed by atoms with E-state index in [0.29, 0.717) is 12.2 Å². The van der Waals surface area contributed by atoms with Gasteiger partial charge in [0.15, 0.2) is 11.6 Å². The molecular formula is C28H29F2N3O4. The van der Waals surface area contributed by atoms with Gasteiger partial charge < -0.3 is 14.4 Å². The number of aryl methyl sites for hydroxylation is 1. The van der Waals surface area contributed by atoms with Crippen molar-refractivity contribution < 1.29 is 27.9 Å². The molecular weight excluding hydrogens is 480 g/mol. The van der Waals surface area contributed by atoms with Crippen LogP contribution in [0.25, 0.3) is 22.5 Å². The highest BCUT2D eigenvalue weighted by molar-refractivity contribution is 5.82. The van der Waals surface area contributed by atoms with Crippen LogP contribution in [0.15, 0.2) is 65.2 Å². The third kappa shape index (κ3) is 6.84. The number of hydrogen-bond acceptors (Lipinski definition) is 6. The van der Waals surface area contributed by atoms with E-state index in [0.717, 1.165) is 22.3 Å². The van der Waals surface area contributed by atoms with Crippen molar-refractivity contribution in [3.63, 3.8) is 0 Å². The van der Waals surface area contributed by atoms with Crippen molar-refractivity contribution in [1.82, 2.24) is 15.0 Å². The predicted octanol–water partition coefficient (Wildman–Crippen LogP) is 5.53. The van der Waals surface area contributed by atoms with E-state index in [-0.39, 0.29) is 35.9 Å². The summed E-state index contributed by atoms with van der Waals surface area (Å²) in [7, 11) is 3.11. The summed E-state index contributed by atoms with van der Waals surface area (Å²) in [4.78, 5) is 16.4. The minimum atomic E-state index is -1.13. The molecule has 0 atom stereocenters. The molecule has 194 valence electrons. The van der Waals surface area contributed by atoms with E-state index >= 15 is 0 Å². The average Bonchev–Trinajstić information content (AvgIpc) is 3.33. The lowest BCUT2D eigenvalue weighted by Crippen LogP contribution is -2.25. The van der Waals surface area contributed by atoms with Crippen LogP contribution in [0, 0.1) is 18.6 Å². The maximum atomic E-state index is 14.8. The van der Waals surface area contributed by atoms with Gasteiger partial charge in [-0.15, -0.1) is 0 Å². The SMILES string of the molecule is C=C(COC)/C(=C\C=C(/C)c1nc(-c2ccc(CN(C)CC(=O)O)c(F)c2F)no1)c1ccccc1C. The molecule has 0 fully saturated rings. The monoisotopic (exact) mass is 509 g/mol. The Morgan fingerprint density at radius 2 is 1.92 bits per heavy atom. The number of rotatable bonds is 11.